The van der Waals surface area contributed by atoms with Gasteiger partial charge in [-0.05, 0) is 58.3 Å². The summed E-state index contributed by atoms with van der Waals surface area (Å²) in [5.41, 5.74) is 0.737. The van der Waals surface area contributed by atoms with Gasteiger partial charge in [0.1, 0.15) is 5.82 Å². The first-order valence-electron chi connectivity index (χ1n) is 10.6. The van der Waals surface area contributed by atoms with Crippen molar-refractivity contribution >= 4 is 5.91 Å². The number of nitrogens with zero attached hydrogens (tertiary/aromatic N) is 5. The second-order valence-corrected chi connectivity index (χ2v) is 8.90. The zero-order valence-corrected chi connectivity index (χ0v) is 16.8. The van der Waals surface area contributed by atoms with E-state index in [1.165, 1.54) is 12.8 Å². The fourth-order valence-electron chi connectivity index (χ4n) is 5.02. The van der Waals surface area contributed by atoms with E-state index in [0.29, 0.717) is 12.5 Å². The first kappa shape index (κ1) is 17.9. The summed E-state index contributed by atoms with van der Waals surface area (Å²) < 4.78 is 2.30. The van der Waals surface area contributed by atoms with Crippen molar-refractivity contribution < 1.29 is 4.79 Å². The molecule has 148 valence electrons. The van der Waals surface area contributed by atoms with Gasteiger partial charge in [0.25, 0.3) is 0 Å². The van der Waals surface area contributed by atoms with E-state index >= 15 is 0 Å². The molecule has 0 N–H and O–H groups in total. The molecule has 3 aliphatic rings. The Morgan fingerprint density at radius 3 is 2.50 bits per heavy atom. The number of carbonyl (C=O) groups excluding carboxylic acids is 1. The number of aromatic nitrogens is 3. The number of likely N-dealkylation sites (tertiary alicyclic amines) is 1. The Morgan fingerprint density at radius 1 is 1.11 bits per heavy atom. The number of amides is 1. The Labute approximate surface area is 166 Å². The van der Waals surface area contributed by atoms with Gasteiger partial charge in [0.2, 0.25) is 5.91 Å². The smallest absolute Gasteiger partial charge is 0.233 e. The maximum absolute atomic E-state index is 13.9. The monoisotopic (exact) mass is 379 g/mol. The van der Waals surface area contributed by atoms with Crippen LogP contribution >= 0.6 is 0 Å². The van der Waals surface area contributed by atoms with Gasteiger partial charge >= 0.3 is 0 Å². The van der Waals surface area contributed by atoms with Crippen LogP contribution in [0.4, 0.5) is 0 Å². The molecule has 2 aliphatic heterocycles. The number of hydrogen-bond acceptors (Lipinski definition) is 4. The molecule has 3 heterocycles. The van der Waals surface area contributed by atoms with Crippen molar-refractivity contribution in [3.8, 4) is 0 Å². The highest BCUT2D eigenvalue weighted by Crippen LogP contribution is 2.42. The van der Waals surface area contributed by atoms with Gasteiger partial charge < -0.3 is 14.4 Å². The lowest BCUT2D eigenvalue weighted by Gasteiger charge is -2.44. The minimum Gasteiger partial charge on any atom is -0.332 e. The predicted molar refractivity (Wildman–Crippen MR) is 107 cm³/mol. The lowest BCUT2D eigenvalue weighted by Crippen LogP contribution is -2.54. The molecule has 0 unspecified atom stereocenters. The summed E-state index contributed by atoms with van der Waals surface area (Å²) in [6, 6.07) is 10.6. The lowest BCUT2D eigenvalue weighted by molar-refractivity contribution is -0.141. The molecule has 1 aliphatic carbocycles. The van der Waals surface area contributed by atoms with Gasteiger partial charge in [-0.3, -0.25) is 4.79 Å². The van der Waals surface area contributed by atoms with Crippen molar-refractivity contribution in [3.05, 3.63) is 47.5 Å². The summed E-state index contributed by atoms with van der Waals surface area (Å²) in [6.45, 7) is 5.42. The molecule has 6 heteroatoms. The zero-order valence-electron chi connectivity index (χ0n) is 16.8. The summed E-state index contributed by atoms with van der Waals surface area (Å²) in [7, 11) is 2.14. The maximum atomic E-state index is 13.9. The number of piperidine rings is 1. The second-order valence-electron chi connectivity index (χ2n) is 8.90. The normalized spacial score (nSPS) is 24.8. The van der Waals surface area contributed by atoms with Crippen molar-refractivity contribution in [3.63, 3.8) is 0 Å². The minimum atomic E-state index is -0.422. The molecule has 6 nitrogen and oxygen atoms in total. The Hall–Kier alpha value is -2.21. The highest BCUT2D eigenvalue weighted by atomic mass is 16.2. The number of rotatable bonds is 3. The van der Waals surface area contributed by atoms with Crippen molar-refractivity contribution in [2.24, 2.45) is 0 Å². The topological polar surface area (TPSA) is 54.3 Å². The number of fused-ring (bicyclic) bond motifs is 1. The molecule has 0 spiro atoms. The number of hydrogen-bond donors (Lipinski definition) is 0. The van der Waals surface area contributed by atoms with E-state index in [4.69, 9.17) is 0 Å². The Balaban J connectivity index is 1.46. The van der Waals surface area contributed by atoms with Gasteiger partial charge in [0.15, 0.2) is 5.82 Å². The summed E-state index contributed by atoms with van der Waals surface area (Å²) in [6.07, 6.45) is 4.19. The summed E-state index contributed by atoms with van der Waals surface area (Å²) >= 11 is 0. The molecular weight excluding hydrogens is 350 g/mol. The van der Waals surface area contributed by atoms with E-state index < -0.39 is 5.41 Å². The van der Waals surface area contributed by atoms with Crippen LogP contribution in [0.15, 0.2) is 30.3 Å². The van der Waals surface area contributed by atoms with Gasteiger partial charge in [-0.25, -0.2) is 0 Å². The molecule has 0 radical (unpaired) electrons. The highest BCUT2D eigenvalue weighted by molar-refractivity contribution is 5.88. The van der Waals surface area contributed by atoms with Crippen LogP contribution in [0.25, 0.3) is 0 Å². The first-order chi connectivity index (χ1) is 13.6. The zero-order chi connectivity index (χ0) is 19.3. The Morgan fingerprint density at radius 2 is 1.82 bits per heavy atom. The predicted octanol–water partition coefficient (Wildman–Crippen LogP) is 2.72. The first-order valence-corrected chi connectivity index (χ1v) is 10.6. The van der Waals surface area contributed by atoms with Gasteiger partial charge in [-0.1, -0.05) is 30.3 Å². The number of carbonyl (C=O) groups is 1. The third kappa shape index (κ3) is 2.85. The third-order valence-electron chi connectivity index (χ3n) is 6.86. The second kappa shape index (κ2) is 6.69. The van der Waals surface area contributed by atoms with E-state index in [9.17, 15) is 4.79 Å². The van der Waals surface area contributed by atoms with Crippen molar-refractivity contribution in [1.29, 1.82) is 0 Å². The Kier molecular flexibility index (Phi) is 4.27. The van der Waals surface area contributed by atoms with E-state index in [0.717, 1.165) is 49.7 Å². The van der Waals surface area contributed by atoms with E-state index in [2.05, 4.69) is 57.9 Å². The van der Waals surface area contributed by atoms with Crippen LogP contribution in [0.1, 0.15) is 61.8 Å². The molecule has 0 bridgehead atoms. The lowest BCUT2D eigenvalue weighted by atomic mass is 9.71. The van der Waals surface area contributed by atoms with Gasteiger partial charge in [0.05, 0.1) is 18.0 Å². The van der Waals surface area contributed by atoms with Crippen LogP contribution in [0.2, 0.25) is 0 Å². The maximum Gasteiger partial charge on any atom is 0.233 e. The highest BCUT2D eigenvalue weighted by Gasteiger charge is 2.46. The SMILES string of the molecule is C[C@H]1CN(C(=O)C2(c3ccccc3)CCN(C)CC2)Cc2nnc(C3CC3)n21. The minimum absolute atomic E-state index is 0.234. The van der Waals surface area contributed by atoms with E-state index in [-0.39, 0.29) is 11.9 Å². The fourth-order valence-corrected chi connectivity index (χ4v) is 5.02. The third-order valence-corrected chi connectivity index (χ3v) is 6.86. The largest absolute Gasteiger partial charge is 0.332 e. The summed E-state index contributed by atoms with van der Waals surface area (Å²) in [5.74, 6) is 2.92. The van der Waals surface area contributed by atoms with Crippen LogP contribution < -0.4 is 0 Å². The van der Waals surface area contributed by atoms with Crippen LogP contribution in [-0.4, -0.2) is 57.2 Å². The molecule has 1 amide bonds. The Bertz CT molecular complexity index is 864. The molecule has 1 saturated carbocycles. The van der Waals surface area contributed by atoms with Gasteiger partial charge in [-0.15, -0.1) is 10.2 Å². The molecule has 1 atom stereocenters. The van der Waals surface area contributed by atoms with Crippen molar-refractivity contribution in [2.45, 2.75) is 56.5 Å². The van der Waals surface area contributed by atoms with Gasteiger partial charge in [0, 0.05) is 12.5 Å². The molecule has 5 rings (SSSR count). The molecule has 1 aromatic heterocycles. The fraction of sp³-hybridized carbons (Fsp3) is 0.591. The standard InChI is InChI=1S/C22H29N5O/c1-16-14-26(15-19-23-24-20(27(16)19)17-8-9-17)21(28)22(10-12-25(2)13-11-22)18-6-4-3-5-7-18/h3-7,16-17H,8-15H2,1-2H3/t16-/m0/s1. The molecule has 1 aromatic carbocycles. The average molecular weight is 380 g/mol. The summed E-state index contributed by atoms with van der Waals surface area (Å²) in [5, 5.41) is 8.93. The van der Waals surface area contributed by atoms with Crippen LogP contribution in [0, 0.1) is 0 Å². The number of benzene rings is 1. The van der Waals surface area contributed by atoms with E-state index in [1.807, 2.05) is 11.0 Å². The van der Waals surface area contributed by atoms with Crippen LogP contribution in [0.3, 0.4) is 0 Å². The molecule has 28 heavy (non-hydrogen) atoms. The van der Waals surface area contributed by atoms with Crippen LogP contribution in [-0.2, 0) is 16.8 Å². The van der Waals surface area contributed by atoms with Crippen LogP contribution in [0.5, 0.6) is 0 Å². The van der Waals surface area contributed by atoms with Gasteiger partial charge in [-0.2, -0.15) is 0 Å². The molecule has 2 fully saturated rings. The summed E-state index contributed by atoms with van der Waals surface area (Å²) in [4.78, 5) is 18.3. The van der Waals surface area contributed by atoms with Crippen molar-refractivity contribution in [2.75, 3.05) is 26.7 Å². The molecular formula is C22H29N5O. The van der Waals surface area contributed by atoms with E-state index in [1.54, 1.807) is 0 Å². The average Bonchev–Trinajstić information content (AvgIpc) is 3.48. The molecule has 2 aromatic rings. The quantitative estimate of drug-likeness (QED) is 0.823. The van der Waals surface area contributed by atoms with Crippen molar-refractivity contribution in [1.82, 2.24) is 24.6 Å². The molecule has 1 saturated heterocycles.